The zero-order valence-corrected chi connectivity index (χ0v) is 15.4. The van der Waals surface area contributed by atoms with E-state index in [1.165, 1.54) is 37.4 Å². The number of rotatable bonds is 4. The zero-order chi connectivity index (χ0) is 20.5. The molecule has 1 amide bonds. The van der Waals surface area contributed by atoms with Crippen LogP contribution in [0.1, 0.15) is 23.0 Å². The Bertz CT molecular complexity index is 926. The van der Waals surface area contributed by atoms with Crippen molar-refractivity contribution in [3.63, 3.8) is 0 Å². The van der Waals surface area contributed by atoms with Crippen LogP contribution in [0.2, 0.25) is 5.02 Å². The molecule has 0 fully saturated rings. The van der Waals surface area contributed by atoms with E-state index in [2.05, 4.69) is 15.3 Å². The second-order valence-electron chi connectivity index (χ2n) is 6.32. The van der Waals surface area contributed by atoms with Crippen molar-refractivity contribution in [1.82, 2.24) is 4.98 Å². The molecule has 3 rings (SSSR count). The van der Waals surface area contributed by atoms with Crippen LogP contribution in [0, 0.1) is 5.82 Å². The van der Waals surface area contributed by atoms with Crippen LogP contribution in [0.25, 0.3) is 0 Å². The Labute approximate surface area is 163 Å². The fraction of sp³-hybridized carbons (Fsp3) is 0.278. The van der Waals surface area contributed by atoms with E-state index >= 15 is 0 Å². The van der Waals surface area contributed by atoms with Gasteiger partial charge in [-0.25, -0.2) is 23.1 Å². The standard InChI is InChI=1S/C18H16ClF3N4O2/c1-18(15(22)14(7-20)28-17(23)26-18)11-6-10(3-4-12(11)21)25-16(27)13-5-2-9(19)8-24-13/h2-6,8,14-15H,7H2,1H3,(H2,23,26)(H,25,27)/t14-,15+,18-/m1/s1. The number of ether oxygens (including phenoxy) is 1. The van der Waals surface area contributed by atoms with Gasteiger partial charge in [-0.2, -0.15) is 0 Å². The number of nitrogens with one attached hydrogen (secondary N) is 1. The van der Waals surface area contributed by atoms with Crippen molar-refractivity contribution < 1.29 is 22.7 Å². The van der Waals surface area contributed by atoms with Gasteiger partial charge in [-0.05, 0) is 37.3 Å². The van der Waals surface area contributed by atoms with Crippen LogP contribution in [0.5, 0.6) is 0 Å². The summed E-state index contributed by atoms with van der Waals surface area (Å²) >= 11 is 5.73. The summed E-state index contributed by atoms with van der Waals surface area (Å²) < 4.78 is 47.2. The highest BCUT2D eigenvalue weighted by Gasteiger charge is 2.48. The summed E-state index contributed by atoms with van der Waals surface area (Å²) in [6, 6.07) is 6.01. The van der Waals surface area contributed by atoms with Crippen molar-refractivity contribution in [2.75, 3.05) is 12.0 Å². The normalized spacial score (nSPS) is 24.2. The smallest absolute Gasteiger partial charge is 0.283 e. The Kier molecular flexibility index (Phi) is 5.46. The Morgan fingerprint density at radius 1 is 1.39 bits per heavy atom. The number of hydrogen-bond acceptors (Lipinski definition) is 5. The average molecular weight is 413 g/mol. The molecule has 0 saturated carbocycles. The van der Waals surface area contributed by atoms with E-state index in [1.54, 1.807) is 0 Å². The number of benzene rings is 1. The minimum Gasteiger partial charge on any atom is -0.456 e. The minimum atomic E-state index is -2.00. The summed E-state index contributed by atoms with van der Waals surface area (Å²) in [5.74, 6) is -1.36. The number of aromatic nitrogens is 1. The molecule has 1 aliphatic rings. The van der Waals surface area contributed by atoms with E-state index in [9.17, 15) is 18.0 Å². The molecule has 1 aromatic heterocycles. The number of pyridine rings is 1. The van der Waals surface area contributed by atoms with Crippen molar-refractivity contribution in [1.29, 1.82) is 0 Å². The van der Waals surface area contributed by atoms with Gasteiger partial charge in [-0.15, -0.1) is 0 Å². The summed E-state index contributed by atoms with van der Waals surface area (Å²) in [7, 11) is 0. The first-order chi connectivity index (χ1) is 13.2. The van der Waals surface area contributed by atoms with Crippen LogP contribution in [0.15, 0.2) is 41.5 Å². The Morgan fingerprint density at radius 2 is 2.14 bits per heavy atom. The van der Waals surface area contributed by atoms with Gasteiger partial charge in [-0.1, -0.05) is 11.6 Å². The average Bonchev–Trinajstić information content (AvgIpc) is 2.66. The van der Waals surface area contributed by atoms with E-state index < -0.39 is 42.2 Å². The maximum absolute atomic E-state index is 14.8. The molecule has 28 heavy (non-hydrogen) atoms. The van der Waals surface area contributed by atoms with Crippen LogP contribution < -0.4 is 11.1 Å². The van der Waals surface area contributed by atoms with E-state index in [0.29, 0.717) is 5.02 Å². The third kappa shape index (κ3) is 3.75. The second-order valence-corrected chi connectivity index (χ2v) is 6.76. The van der Waals surface area contributed by atoms with Crippen LogP contribution >= 0.6 is 11.6 Å². The number of alkyl halides is 2. The molecule has 2 heterocycles. The molecular weight excluding hydrogens is 397 g/mol. The molecular formula is C18H16ClF3N4O2. The van der Waals surface area contributed by atoms with E-state index in [4.69, 9.17) is 22.1 Å². The highest BCUT2D eigenvalue weighted by Crippen LogP contribution is 2.39. The number of carbonyl (C=O) groups excluding carboxylic acids is 1. The molecule has 2 aromatic rings. The maximum atomic E-state index is 14.8. The molecule has 1 aliphatic heterocycles. The van der Waals surface area contributed by atoms with Gasteiger partial charge in [0.1, 0.15) is 23.7 Å². The molecule has 3 N–H and O–H groups in total. The molecule has 0 unspecified atom stereocenters. The molecule has 148 valence electrons. The highest BCUT2D eigenvalue weighted by molar-refractivity contribution is 6.30. The Hall–Kier alpha value is -2.81. The lowest BCUT2D eigenvalue weighted by Crippen LogP contribution is -2.50. The molecule has 0 spiro atoms. The SMILES string of the molecule is C[C@]1(c2cc(NC(=O)c3ccc(Cl)cn3)ccc2F)N=C(N)O[C@H](CF)[C@@H]1F. The monoisotopic (exact) mass is 412 g/mol. The molecule has 1 aromatic carbocycles. The first-order valence-corrected chi connectivity index (χ1v) is 8.57. The molecule has 3 atom stereocenters. The van der Waals surface area contributed by atoms with Crippen molar-refractivity contribution in [2.24, 2.45) is 10.7 Å². The summed E-state index contributed by atoms with van der Waals surface area (Å²) in [6.45, 7) is 0.119. The summed E-state index contributed by atoms with van der Waals surface area (Å²) in [5, 5.41) is 2.90. The van der Waals surface area contributed by atoms with Crippen LogP contribution in [-0.4, -0.2) is 35.9 Å². The number of amides is 1. The number of amidine groups is 1. The lowest BCUT2D eigenvalue weighted by Gasteiger charge is -2.37. The number of aliphatic imine (C=N–C) groups is 1. The van der Waals surface area contributed by atoms with Gasteiger partial charge in [0, 0.05) is 17.4 Å². The van der Waals surface area contributed by atoms with E-state index in [-0.39, 0.29) is 16.9 Å². The molecule has 0 aliphatic carbocycles. The third-order valence-electron chi connectivity index (χ3n) is 4.36. The maximum Gasteiger partial charge on any atom is 0.283 e. The van der Waals surface area contributed by atoms with Gasteiger partial charge < -0.3 is 15.8 Å². The fourth-order valence-electron chi connectivity index (χ4n) is 2.91. The number of hydrogen-bond donors (Lipinski definition) is 2. The number of nitrogens with zero attached hydrogens (tertiary/aromatic N) is 2. The van der Waals surface area contributed by atoms with Crippen molar-refractivity contribution in [3.05, 3.63) is 58.6 Å². The predicted octanol–water partition coefficient (Wildman–Crippen LogP) is 3.36. The van der Waals surface area contributed by atoms with Crippen molar-refractivity contribution >= 4 is 29.2 Å². The summed E-state index contributed by atoms with van der Waals surface area (Å²) in [4.78, 5) is 20.0. The topological polar surface area (TPSA) is 89.6 Å². The molecule has 6 nitrogen and oxygen atoms in total. The van der Waals surface area contributed by atoms with Crippen molar-refractivity contribution in [3.8, 4) is 0 Å². The molecule has 10 heteroatoms. The molecule has 0 saturated heterocycles. The van der Waals surface area contributed by atoms with E-state index in [0.717, 1.165) is 6.07 Å². The number of carbonyl (C=O) groups is 1. The van der Waals surface area contributed by atoms with Crippen LogP contribution in [-0.2, 0) is 10.3 Å². The van der Waals surface area contributed by atoms with Gasteiger partial charge in [0.05, 0.1) is 5.02 Å². The first kappa shape index (κ1) is 19.9. The van der Waals surface area contributed by atoms with E-state index in [1.807, 2.05) is 0 Å². The summed E-state index contributed by atoms with van der Waals surface area (Å²) in [6.07, 6.45) is -2.21. The van der Waals surface area contributed by atoms with Crippen LogP contribution in [0.3, 0.4) is 0 Å². The number of halogens is 4. The lowest BCUT2D eigenvalue weighted by molar-refractivity contribution is 0.00453. The lowest BCUT2D eigenvalue weighted by atomic mass is 9.84. The van der Waals surface area contributed by atoms with Gasteiger partial charge in [0.25, 0.3) is 11.9 Å². The van der Waals surface area contributed by atoms with Gasteiger partial charge in [-0.3, -0.25) is 4.79 Å². The van der Waals surface area contributed by atoms with Crippen LogP contribution in [0.4, 0.5) is 18.9 Å². The first-order valence-electron chi connectivity index (χ1n) is 8.19. The Balaban J connectivity index is 1.94. The fourth-order valence-corrected chi connectivity index (χ4v) is 3.02. The van der Waals surface area contributed by atoms with Gasteiger partial charge in [0.15, 0.2) is 12.3 Å². The number of nitrogens with two attached hydrogens (primary N) is 1. The highest BCUT2D eigenvalue weighted by atomic mass is 35.5. The summed E-state index contributed by atoms with van der Waals surface area (Å²) in [5.41, 5.74) is 3.73. The largest absolute Gasteiger partial charge is 0.456 e. The zero-order valence-electron chi connectivity index (χ0n) is 14.6. The van der Waals surface area contributed by atoms with Crippen molar-refractivity contribution in [2.45, 2.75) is 24.7 Å². The van der Waals surface area contributed by atoms with Gasteiger partial charge in [0.2, 0.25) is 0 Å². The molecule has 0 radical (unpaired) electrons. The molecule has 0 bridgehead atoms. The quantitative estimate of drug-likeness (QED) is 0.805. The Morgan fingerprint density at radius 3 is 2.79 bits per heavy atom. The minimum absolute atomic E-state index is 0.0793. The third-order valence-corrected chi connectivity index (χ3v) is 4.58. The predicted molar refractivity (Wildman–Crippen MR) is 98.3 cm³/mol. The second kappa shape index (κ2) is 7.67. The number of anilines is 1. The van der Waals surface area contributed by atoms with Gasteiger partial charge >= 0.3 is 0 Å².